The van der Waals surface area contributed by atoms with Crippen LogP contribution in [0, 0.1) is 0 Å². The number of rotatable bonds is 24. The molecule has 1 unspecified atom stereocenters. The zero-order valence-corrected chi connectivity index (χ0v) is 23.0. The van der Waals surface area contributed by atoms with Gasteiger partial charge in [-0.25, -0.2) is 0 Å². The summed E-state index contributed by atoms with van der Waals surface area (Å²) in [5.41, 5.74) is 0. The van der Waals surface area contributed by atoms with Crippen LogP contribution in [0.2, 0.25) is 0 Å². The second-order valence-corrected chi connectivity index (χ2v) is 10.5. The van der Waals surface area contributed by atoms with Crippen LogP contribution in [-0.4, -0.2) is 18.9 Å². The fourth-order valence-corrected chi connectivity index (χ4v) is 5.03. The van der Waals surface area contributed by atoms with Crippen molar-refractivity contribution in [2.75, 3.05) is 6.79 Å². The third-order valence-electron chi connectivity index (χ3n) is 7.29. The highest BCUT2D eigenvalue weighted by Gasteiger charge is 2.38. The molecule has 1 aliphatic heterocycles. The molecule has 1 aliphatic rings. The predicted octanol–water partition coefficient (Wildman–Crippen LogP) is 10.5. The first kappa shape index (κ1) is 30.9. The van der Waals surface area contributed by atoms with E-state index in [0.717, 1.165) is 19.3 Å². The van der Waals surface area contributed by atoms with E-state index in [-0.39, 0.29) is 6.29 Å². The topological polar surface area (TPSA) is 27.7 Å². The molecule has 0 amide bonds. The molecule has 3 nitrogen and oxygen atoms in total. The first-order valence-corrected chi connectivity index (χ1v) is 15.2. The van der Waals surface area contributed by atoms with Crippen molar-refractivity contribution in [3.63, 3.8) is 0 Å². The Morgan fingerprint density at radius 2 is 0.909 bits per heavy atom. The first-order valence-electron chi connectivity index (χ1n) is 15.2. The Morgan fingerprint density at radius 3 is 1.36 bits per heavy atom. The van der Waals surface area contributed by atoms with Gasteiger partial charge in [-0.3, -0.25) is 0 Å². The second kappa shape index (κ2) is 22.4. The maximum Gasteiger partial charge on any atom is 0.174 e. The Morgan fingerprint density at radius 1 is 0.515 bits per heavy atom. The molecule has 0 spiro atoms. The summed E-state index contributed by atoms with van der Waals surface area (Å²) in [5, 5.41) is 0. The maximum absolute atomic E-state index is 6.56. The Bertz CT molecular complexity index is 380. The lowest BCUT2D eigenvalue weighted by molar-refractivity contribution is -0.401. The normalized spacial score (nSPS) is 18.1. The van der Waals surface area contributed by atoms with Gasteiger partial charge in [-0.15, -0.1) is 0 Å². The SMILES string of the molecule is CCCCCCCCCC1OCOC(CCCCCCCCC)(CCCCCCCCC)O1. The highest BCUT2D eigenvalue weighted by atomic mass is 16.9. The highest BCUT2D eigenvalue weighted by molar-refractivity contribution is 4.74. The molecule has 0 saturated carbocycles. The van der Waals surface area contributed by atoms with E-state index < -0.39 is 5.79 Å². The molecule has 1 atom stereocenters. The minimum atomic E-state index is -0.392. The molecule has 33 heavy (non-hydrogen) atoms. The van der Waals surface area contributed by atoms with Gasteiger partial charge in [-0.05, 0) is 25.7 Å². The molecular weight excluding hydrogens is 408 g/mol. The van der Waals surface area contributed by atoms with Crippen molar-refractivity contribution < 1.29 is 14.2 Å². The Kier molecular flexibility index (Phi) is 20.9. The van der Waals surface area contributed by atoms with Crippen molar-refractivity contribution in [1.29, 1.82) is 0 Å². The van der Waals surface area contributed by atoms with Crippen LogP contribution in [0.3, 0.4) is 0 Å². The van der Waals surface area contributed by atoms with Gasteiger partial charge < -0.3 is 14.2 Å². The molecule has 0 aromatic rings. The zero-order valence-electron chi connectivity index (χ0n) is 23.0. The fraction of sp³-hybridized carbons (Fsp3) is 1.00. The van der Waals surface area contributed by atoms with Gasteiger partial charge in [0.2, 0.25) is 0 Å². The number of hydrogen-bond acceptors (Lipinski definition) is 3. The molecule has 1 heterocycles. The lowest BCUT2D eigenvalue weighted by Gasteiger charge is -2.41. The Balaban J connectivity index is 2.37. The van der Waals surface area contributed by atoms with E-state index in [1.807, 2.05) is 0 Å². The average molecular weight is 469 g/mol. The standard InChI is InChI=1S/C30H60O3/c1-4-7-10-13-16-19-22-25-29-31-28-32-30(33-29,26-23-20-17-14-11-8-5-2)27-24-21-18-15-12-9-6-3/h29H,4-28H2,1-3H3. The summed E-state index contributed by atoms with van der Waals surface area (Å²) in [6.07, 6.45) is 31.0. The molecule has 0 radical (unpaired) electrons. The van der Waals surface area contributed by atoms with Crippen molar-refractivity contribution in [2.45, 2.75) is 187 Å². The minimum absolute atomic E-state index is 0.0662. The summed E-state index contributed by atoms with van der Waals surface area (Å²) in [5.74, 6) is -0.392. The number of ether oxygens (including phenoxy) is 3. The van der Waals surface area contributed by atoms with Crippen LogP contribution in [0.4, 0.5) is 0 Å². The van der Waals surface area contributed by atoms with Gasteiger partial charge in [-0.1, -0.05) is 136 Å². The maximum atomic E-state index is 6.56. The molecule has 0 N–H and O–H groups in total. The van der Waals surface area contributed by atoms with Gasteiger partial charge in [0.05, 0.1) is 0 Å². The molecule has 0 aromatic heterocycles. The summed E-state index contributed by atoms with van der Waals surface area (Å²) >= 11 is 0. The minimum Gasteiger partial charge on any atom is -0.326 e. The third kappa shape index (κ3) is 17.0. The van der Waals surface area contributed by atoms with E-state index in [0.29, 0.717) is 6.79 Å². The van der Waals surface area contributed by atoms with Crippen LogP contribution >= 0.6 is 0 Å². The molecule has 198 valence electrons. The van der Waals surface area contributed by atoms with Crippen LogP contribution < -0.4 is 0 Å². The number of hydrogen-bond donors (Lipinski definition) is 0. The summed E-state index contributed by atoms with van der Waals surface area (Å²) in [6, 6.07) is 0. The fourth-order valence-electron chi connectivity index (χ4n) is 5.03. The summed E-state index contributed by atoms with van der Waals surface area (Å²) in [6.45, 7) is 7.27. The highest BCUT2D eigenvalue weighted by Crippen LogP contribution is 2.34. The molecule has 1 rings (SSSR count). The first-order chi connectivity index (χ1) is 16.3. The van der Waals surface area contributed by atoms with Crippen molar-refractivity contribution in [3.05, 3.63) is 0 Å². The zero-order chi connectivity index (χ0) is 23.9. The molecule has 1 fully saturated rings. The lowest BCUT2D eigenvalue weighted by Crippen LogP contribution is -2.46. The average Bonchev–Trinajstić information content (AvgIpc) is 2.83. The predicted molar refractivity (Wildman–Crippen MR) is 142 cm³/mol. The summed E-state index contributed by atoms with van der Waals surface area (Å²) in [4.78, 5) is 0. The van der Waals surface area contributed by atoms with E-state index in [1.165, 1.54) is 135 Å². The van der Waals surface area contributed by atoms with Crippen LogP contribution in [0.25, 0.3) is 0 Å². The van der Waals surface area contributed by atoms with Gasteiger partial charge in [0.1, 0.15) is 0 Å². The van der Waals surface area contributed by atoms with Gasteiger partial charge in [0.25, 0.3) is 0 Å². The summed E-state index contributed by atoms with van der Waals surface area (Å²) < 4.78 is 18.7. The van der Waals surface area contributed by atoms with E-state index >= 15 is 0 Å². The van der Waals surface area contributed by atoms with Crippen LogP contribution in [-0.2, 0) is 14.2 Å². The summed E-state index contributed by atoms with van der Waals surface area (Å²) in [7, 11) is 0. The van der Waals surface area contributed by atoms with E-state index in [2.05, 4.69) is 20.8 Å². The van der Waals surface area contributed by atoms with Crippen molar-refractivity contribution in [3.8, 4) is 0 Å². The molecule has 0 aromatic carbocycles. The number of unbranched alkanes of at least 4 members (excludes halogenated alkanes) is 18. The van der Waals surface area contributed by atoms with Crippen LogP contribution in [0.1, 0.15) is 175 Å². The second-order valence-electron chi connectivity index (χ2n) is 10.5. The van der Waals surface area contributed by atoms with E-state index in [9.17, 15) is 0 Å². The van der Waals surface area contributed by atoms with Gasteiger partial charge in [-0.2, -0.15) is 0 Å². The van der Waals surface area contributed by atoms with E-state index in [4.69, 9.17) is 14.2 Å². The van der Waals surface area contributed by atoms with Crippen molar-refractivity contribution >= 4 is 0 Å². The molecule has 0 bridgehead atoms. The van der Waals surface area contributed by atoms with Crippen molar-refractivity contribution in [2.24, 2.45) is 0 Å². The van der Waals surface area contributed by atoms with Gasteiger partial charge in [0, 0.05) is 12.8 Å². The van der Waals surface area contributed by atoms with Crippen molar-refractivity contribution in [1.82, 2.24) is 0 Å². The molecule has 0 aliphatic carbocycles. The van der Waals surface area contributed by atoms with Gasteiger partial charge in [0.15, 0.2) is 18.9 Å². The quantitative estimate of drug-likeness (QED) is 0.132. The smallest absolute Gasteiger partial charge is 0.174 e. The molecule has 3 heteroatoms. The molecular formula is C30H60O3. The monoisotopic (exact) mass is 468 g/mol. The van der Waals surface area contributed by atoms with Gasteiger partial charge >= 0.3 is 0 Å². The Hall–Kier alpha value is -0.120. The Labute approximate surface area is 208 Å². The van der Waals surface area contributed by atoms with Crippen LogP contribution in [0.15, 0.2) is 0 Å². The molecule has 1 saturated heterocycles. The third-order valence-corrected chi connectivity index (χ3v) is 7.29. The largest absolute Gasteiger partial charge is 0.326 e. The van der Waals surface area contributed by atoms with Crippen LogP contribution in [0.5, 0.6) is 0 Å². The van der Waals surface area contributed by atoms with E-state index in [1.54, 1.807) is 0 Å². The lowest BCUT2D eigenvalue weighted by atomic mass is 9.98.